The summed E-state index contributed by atoms with van der Waals surface area (Å²) in [6.45, 7) is -0.986. The molecule has 0 fully saturated rings. The van der Waals surface area contributed by atoms with Gasteiger partial charge < -0.3 is 20.0 Å². The molecule has 2 aromatic carbocycles. The standard InChI is InChI=1S/C24H26N4O8S2/c1-27-21(15-3-7-17(8-4-15)37(33,34)25-11-13-29)19-20(23(27)31)22(28(2)24(19)32)16-5-9-18(10-6-16)38(35,36)26-12-14-30/h3-10,25-26,29-30H,11-14H2,1-2H3. The third-order valence-corrected chi connectivity index (χ3v) is 9.07. The van der Waals surface area contributed by atoms with Gasteiger partial charge in [0.05, 0.1) is 45.5 Å². The lowest BCUT2D eigenvalue weighted by molar-refractivity contribution is -0.123. The highest BCUT2D eigenvalue weighted by Gasteiger charge is 2.46. The summed E-state index contributed by atoms with van der Waals surface area (Å²) < 4.78 is 53.8. The predicted octanol–water partition coefficient (Wildman–Crippen LogP) is -0.706. The van der Waals surface area contributed by atoms with Gasteiger partial charge in [-0.2, -0.15) is 0 Å². The van der Waals surface area contributed by atoms with E-state index in [4.69, 9.17) is 10.2 Å². The number of aliphatic hydroxyl groups is 2. The number of fused-ring (bicyclic) bond motifs is 1. The molecule has 38 heavy (non-hydrogen) atoms. The van der Waals surface area contributed by atoms with Gasteiger partial charge in [0.15, 0.2) is 0 Å². The number of aliphatic hydroxyl groups excluding tert-OH is 2. The van der Waals surface area contributed by atoms with E-state index >= 15 is 0 Å². The zero-order chi connectivity index (χ0) is 27.8. The quantitative estimate of drug-likeness (QED) is 0.294. The highest BCUT2D eigenvalue weighted by Crippen LogP contribution is 2.45. The molecule has 2 aliphatic rings. The lowest BCUT2D eigenvalue weighted by Crippen LogP contribution is -2.27. The molecule has 0 saturated heterocycles. The van der Waals surface area contributed by atoms with Crippen LogP contribution >= 0.6 is 0 Å². The molecule has 0 saturated carbocycles. The molecular formula is C24H26N4O8S2. The van der Waals surface area contributed by atoms with Crippen molar-refractivity contribution in [3.8, 4) is 0 Å². The van der Waals surface area contributed by atoms with Gasteiger partial charge in [-0.1, -0.05) is 24.3 Å². The van der Waals surface area contributed by atoms with Crippen molar-refractivity contribution in [3.05, 3.63) is 70.8 Å². The van der Waals surface area contributed by atoms with Crippen LogP contribution in [0.3, 0.4) is 0 Å². The summed E-state index contributed by atoms with van der Waals surface area (Å²) >= 11 is 0. The van der Waals surface area contributed by atoms with E-state index in [9.17, 15) is 26.4 Å². The number of carbonyl (C=O) groups excluding carboxylic acids is 2. The molecule has 4 N–H and O–H groups in total. The Kier molecular flexibility index (Phi) is 7.56. The van der Waals surface area contributed by atoms with Crippen molar-refractivity contribution >= 4 is 43.3 Å². The van der Waals surface area contributed by atoms with Gasteiger partial charge in [-0.05, 0) is 35.4 Å². The Morgan fingerprint density at radius 1 is 0.632 bits per heavy atom. The summed E-state index contributed by atoms with van der Waals surface area (Å²) in [6.07, 6.45) is 0. The first-order valence-electron chi connectivity index (χ1n) is 11.4. The van der Waals surface area contributed by atoms with Crippen molar-refractivity contribution in [2.45, 2.75) is 9.79 Å². The van der Waals surface area contributed by atoms with Crippen LogP contribution in [-0.4, -0.2) is 89.1 Å². The van der Waals surface area contributed by atoms with Crippen LogP contribution in [0.1, 0.15) is 11.1 Å². The maximum atomic E-state index is 13.3. The van der Waals surface area contributed by atoms with Crippen LogP contribution < -0.4 is 9.44 Å². The van der Waals surface area contributed by atoms with E-state index in [2.05, 4.69) is 9.44 Å². The molecule has 2 amide bonds. The number of likely N-dealkylation sites (N-methyl/N-ethyl adjacent to an activating group) is 2. The summed E-state index contributed by atoms with van der Waals surface area (Å²) in [5, 5.41) is 17.8. The molecule has 2 aromatic rings. The zero-order valence-electron chi connectivity index (χ0n) is 20.5. The van der Waals surface area contributed by atoms with Crippen molar-refractivity contribution < 1.29 is 36.6 Å². The van der Waals surface area contributed by atoms with Crippen molar-refractivity contribution in [1.82, 2.24) is 19.2 Å². The second kappa shape index (κ2) is 10.4. The molecule has 14 heteroatoms. The molecular weight excluding hydrogens is 536 g/mol. The molecule has 0 aliphatic carbocycles. The third kappa shape index (κ3) is 4.77. The fourth-order valence-corrected chi connectivity index (χ4v) is 6.36. The monoisotopic (exact) mass is 562 g/mol. The molecule has 0 aromatic heterocycles. The average molecular weight is 563 g/mol. The summed E-state index contributed by atoms with van der Waals surface area (Å²) in [4.78, 5) is 29.2. The molecule has 12 nitrogen and oxygen atoms in total. The number of hydrogen-bond acceptors (Lipinski definition) is 8. The topological polar surface area (TPSA) is 173 Å². The normalized spacial score (nSPS) is 16.2. The largest absolute Gasteiger partial charge is 0.395 e. The van der Waals surface area contributed by atoms with E-state index < -0.39 is 31.9 Å². The fourth-order valence-electron chi connectivity index (χ4n) is 4.31. The minimum absolute atomic E-state index is 0.0397. The minimum atomic E-state index is -3.84. The number of hydrogen-bond donors (Lipinski definition) is 4. The molecule has 202 valence electrons. The zero-order valence-corrected chi connectivity index (χ0v) is 22.1. The van der Waals surface area contributed by atoms with Crippen LogP contribution in [0, 0.1) is 0 Å². The predicted molar refractivity (Wildman–Crippen MR) is 137 cm³/mol. The van der Waals surface area contributed by atoms with Crippen molar-refractivity contribution in [2.75, 3.05) is 40.4 Å². The van der Waals surface area contributed by atoms with Gasteiger partial charge >= 0.3 is 0 Å². The Labute approximate surface area is 220 Å². The second-order valence-corrected chi connectivity index (χ2v) is 12.0. The average Bonchev–Trinajstić information content (AvgIpc) is 3.31. The van der Waals surface area contributed by atoms with E-state index in [0.29, 0.717) is 22.5 Å². The highest BCUT2D eigenvalue weighted by molar-refractivity contribution is 7.89. The summed E-state index contributed by atoms with van der Waals surface area (Å²) in [7, 11) is -4.66. The Morgan fingerprint density at radius 2 is 0.947 bits per heavy atom. The number of sulfonamides is 2. The van der Waals surface area contributed by atoms with Gasteiger partial charge in [-0.3, -0.25) is 9.59 Å². The van der Waals surface area contributed by atoms with Gasteiger partial charge in [0.25, 0.3) is 11.8 Å². The van der Waals surface area contributed by atoms with Crippen LogP contribution in [-0.2, 0) is 29.6 Å². The molecule has 4 rings (SSSR count). The fraction of sp³-hybridized carbons (Fsp3) is 0.250. The Balaban J connectivity index is 1.76. The van der Waals surface area contributed by atoms with E-state index in [-0.39, 0.29) is 47.2 Å². The highest BCUT2D eigenvalue weighted by atomic mass is 32.2. The SMILES string of the molecule is CN1C(=O)C2=C(c3ccc(S(=O)(=O)NCCO)cc3)N(C)C(=O)C2=C1c1ccc(S(=O)(=O)NCCO)cc1. The Hall–Kier alpha value is -3.40. The van der Waals surface area contributed by atoms with Crippen LogP contribution in [0.2, 0.25) is 0 Å². The lowest BCUT2D eigenvalue weighted by Gasteiger charge is -2.20. The van der Waals surface area contributed by atoms with E-state index in [1.54, 1.807) is 0 Å². The molecule has 0 bridgehead atoms. The smallest absolute Gasteiger partial charge is 0.261 e. The number of carbonyl (C=O) groups is 2. The Bertz CT molecular complexity index is 1440. The van der Waals surface area contributed by atoms with E-state index in [1.165, 1.54) is 72.4 Å². The van der Waals surface area contributed by atoms with Crippen molar-refractivity contribution in [3.63, 3.8) is 0 Å². The van der Waals surface area contributed by atoms with Crippen LogP contribution in [0.4, 0.5) is 0 Å². The lowest BCUT2D eigenvalue weighted by atomic mass is 10.0. The van der Waals surface area contributed by atoms with Gasteiger partial charge in [0, 0.05) is 27.2 Å². The summed E-state index contributed by atoms with van der Waals surface area (Å²) in [6, 6.07) is 11.3. The number of nitrogens with zero attached hydrogens (tertiary/aromatic N) is 2. The molecule has 2 aliphatic heterocycles. The first-order valence-corrected chi connectivity index (χ1v) is 14.4. The van der Waals surface area contributed by atoms with Crippen LogP contribution in [0.25, 0.3) is 11.4 Å². The van der Waals surface area contributed by atoms with Crippen molar-refractivity contribution in [1.29, 1.82) is 0 Å². The minimum Gasteiger partial charge on any atom is -0.395 e. The van der Waals surface area contributed by atoms with Gasteiger partial charge in [-0.15, -0.1) is 0 Å². The molecule has 2 heterocycles. The van der Waals surface area contributed by atoms with Crippen LogP contribution in [0.5, 0.6) is 0 Å². The Morgan fingerprint density at radius 3 is 1.24 bits per heavy atom. The molecule has 0 radical (unpaired) electrons. The molecule has 0 spiro atoms. The number of nitrogens with one attached hydrogen (secondary N) is 2. The maximum Gasteiger partial charge on any atom is 0.261 e. The first kappa shape index (κ1) is 27.6. The van der Waals surface area contributed by atoms with Gasteiger partial charge in [-0.25, -0.2) is 26.3 Å². The van der Waals surface area contributed by atoms with Gasteiger partial charge in [0.2, 0.25) is 20.0 Å². The van der Waals surface area contributed by atoms with E-state index in [0.717, 1.165) is 0 Å². The number of amides is 2. The number of benzene rings is 2. The summed E-state index contributed by atoms with van der Waals surface area (Å²) in [5.74, 6) is -0.879. The molecule has 0 atom stereocenters. The number of rotatable bonds is 10. The van der Waals surface area contributed by atoms with E-state index in [1.807, 2.05) is 0 Å². The van der Waals surface area contributed by atoms with Gasteiger partial charge in [0.1, 0.15) is 0 Å². The third-order valence-electron chi connectivity index (χ3n) is 6.12. The second-order valence-electron chi connectivity index (χ2n) is 8.47. The maximum absolute atomic E-state index is 13.3. The summed E-state index contributed by atoms with van der Waals surface area (Å²) in [5.41, 5.74) is 1.85. The first-order chi connectivity index (χ1) is 17.9. The molecule has 0 unspecified atom stereocenters. The van der Waals surface area contributed by atoms with Crippen LogP contribution in [0.15, 0.2) is 69.5 Å². The van der Waals surface area contributed by atoms with Crippen molar-refractivity contribution in [2.24, 2.45) is 0 Å².